The fourth-order valence-electron chi connectivity index (χ4n) is 12.5. The molecule has 242 valence electrons. The maximum atomic E-state index is 13.9. The number of carbonyl (C=O) groups is 2. The van der Waals surface area contributed by atoms with Crippen molar-refractivity contribution in [3.8, 4) is 0 Å². The van der Waals surface area contributed by atoms with Crippen molar-refractivity contribution in [2.75, 3.05) is 26.2 Å². The van der Waals surface area contributed by atoms with Gasteiger partial charge in [0.2, 0.25) is 5.91 Å². The first-order valence-corrected chi connectivity index (χ1v) is 18.0. The van der Waals surface area contributed by atoms with E-state index >= 15 is 0 Å². The Kier molecular flexibility index (Phi) is 8.38. The van der Waals surface area contributed by atoms with Crippen molar-refractivity contribution in [3.63, 3.8) is 0 Å². The first-order valence-electron chi connectivity index (χ1n) is 18.0. The van der Waals surface area contributed by atoms with Crippen molar-refractivity contribution in [1.82, 2.24) is 10.2 Å². The number of allylic oxidation sites excluding steroid dienone is 2. The number of rotatable bonds is 8. The Morgan fingerprint density at radius 3 is 2.27 bits per heavy atom. The second-order valence-electron chi connectivity index (χ2n) is 16.4. The second kappa shape index (κ2) is 11.6. The van der Waals surface area contributed by atoms with E-state index in [1.807, 2.05) is 12.1 Å². The molecule has 8 atom stereocenters. The summed E-state index contributed by atoms with van der Waals surface area (Å²) in [6, 6.07) is 7.57. The minimum Gasteiger partial charge on any atom is -0.478 e. The topological polar surface area (TPSA) is 69.6 Å². The Morgan fingerprint density at radius 1 is 0.864 bits per heavy atom. The van der Waals surface area contributed by atoms with E-state index in [-0.39, 0.29) is 16.2 Å². The lowest BCUT2D eigenvalue weighted by atomic mass is 9.36. The highest BCUT2D eigenvalue weighted by Crippen LogP contribution is 2.73. The lowest BCUT2D eigenvalue weighted by Crippen LogP contribution is -2.62. The predicted octanol–water partition coefficient (Wildman–Crippen LogP) is 8.30. The van der Waals surface area contributed by atoms with Crippen LogP contribution in [0.25, 0.3) is 5.57 Å². The van der Waals surface area contributed by atoms with Gasteiger partial charge in [-0.05, 0) is 140 Å². The van der Waals surface area contributed by atoms with Gasteiger partial charge >= 0.3 is 5.97 Å². The van der Waals surface area contributed by atoms with Crippen LogP contribution in [0.1, 0.15) is 122 Å². The average molecular weight is 603 g/mol. The molecule has 1 aromatic rings. The van der Waals surface area contributed by atoms with Gasteiger partial charge in [0.15, 0.2) is 0 Å². The molecule has 4 saturated carbocycles. The molecule has 5 heteroatoms. The first kappa shape index (κ1) is 31.8. The molecule has 0 aliphatic heterocycles. The van der Waals surface area contributed by atoms with Crippen LogP contribution in [-0.4, -0.2) is 48.1 Å². The molecule has 0 spiro atoms. The number of nitrogens with zero attached hydrogens (tertiary/aromatic N) is 1. The van der Waals surface area contributed by atoms with Crippen LogP contribution < -0.4 is 5.32 Å². The molecule has 5 aliphatic rings. The summed E-state index contributed by atoms with van der Waals surface area (Å²) < 4.78 is 0. The fraction of sp³-hybridized carbons (Fsp3) is 0.744. The number of carboxylic acids is 1. The quantitative estimate of drug-likeness (QED) is 0.314. The third-order valence-electron chi connectivity index (χ3n) is 14.6. The van der Waals surface area contributed by atoms with Gasteiger partial charge in [0.05, 0.1) is 11.0 Å². The highest BCUT2D eigenvalue weighted by molar-refractivity contribution is 5.88. The second-order valence-corrected chi connectivity index (χ2v) is 16.4. The molecule has 5 nitrogen and oxygen atoms in total. The maximum absolute atomic E-state index is 13.9. The number of hydrogen-bond donors (Lipinski definition) is 2. The molecular weight excluding hydrogens is 544 g/mol. The number of fused-ring (bicyclic) bond motifs is 7. The summed E-state index contributed by atoms with van der Waals surface area (Å²) >= 11 is 0. The molecule has 0 radical (unpaired) electrons. The fourth-order valence-corrected chi connectivity index (χ4v) is 12.5. The van der Waals surface area contributed by atoms with E-state index in [9.17, 15) is 14.7 Å². The van der Waals surface area contributed by atoms with Crippen molar-refractivity contribution in [2.45, 2.75) is 106 Å². The van der Waals surface area contributed by atoms with Crippen molar-refractivity contribution < 1.29 is 14.7 Å². The van der Waals surface area contributed by atoms with Crippen LogP contribution in [0.15, 0.2) is 30.3 Å². The molecule has 1 amide bonds. The third kappa shape index (κ3) is 4.81. The Morgan fingerprint density at radius 2 is 1.59 bits per heavy atom. The van der Waals surface area contributed by atoms with Crippen molar-refractivity contribution >= 4 is 17.4 Å². The van der Waals surface area contributed by atoms with Gasteiger partial charge < -0.3 is 15.3 Å². The van der Waals surface area contributed by atoms with Crippen LogP contribution in [-0.2, 0) is 4.79 Å². The van der Waals surface area contributed by atoms with Crippen LogP contribution in [0.2, 0.25) is 0 Å². The zero-order valence-corrected chi connectivity index (χ0v) is 28.4. The van der Waals surface area contributed by atoms with Crippen LogP contribution >= 0.6 is 0 Å². The van der Waals surface area contributed by atoms with Gasteiger partial charge in [0, 0.05) is 13.1 Å². The largest absolute Gasteiger partial charge is 0.478 e. The molecule has 44 heavy (non-hydrogen) atoms. The van der Waals surface area contributed by atoms with Crippen LogP contribution in [0.4, 0.5) is 0 Å². The SMILES string of the molecule is CCN(CC)CCNC(=O)[C@]12CCCC1[C@H]1CCC3[C@@](C)(CCC4C(C)(C)C(c5ccc(C(=O)O)cc5)=CC[C@@]43C)C1CC2. The molecular formula is C39H58N2O3. The number of hydrogen-bond acceptors (Lipinski definition) is 3. The zero-order chi connectivity index (χ0) is 31.5. The smallest absolute Gasteiger partial charge is 0.335 e. The van der Waals surface area contributed by atoms with Gasteiger partial charge in [-0.3, -0.25) is 4.79 Å². The van der Waals surface area contributed by atoms with Crippen molar-refractivity contribution in [3.05, 3.63) is 41.5 Å². The molecule has 6 rings (SSSR count). The highest BCUT2D eigenvalue weighted by atomic mass is 16.4. The monoisotopic (exact) mass is 602 g/mol. The normalized spacial score (nSPS) is 39.0. The van der Waals surface area contributed by atoms with Crippen molar-refractivity contribution in [2.24, 2.45) is 51.2 Å². The molecule has 4 fully saturated rings. The summed E-state index contributed by atoms with van der Waals surface area (Å²) in [7, 11) is 0. The Bertz CT molecular complexity index is 1280. The summed E-state index contributed by atoms with van der Waals surface area (Å²) in [5.74, 6) is 2.80. The maximum Gasteiger partial charge on any atom is 0.335 e. The summed E-state index contributed by atoms with van der Waals surface area (Å²) in [5, 5.41) is 12.9. The number of benzene rings is 1. The van der Waals surface area contributed by atoms with Crippen LogP contribution in [0, 0.1) is 51.2 Å². The Hall–Kier alpha value is -2.14. The number of aromatic carboxylic acids is 1. The lowest BCUT2D eigenvalue weighted by Gasteiger charge is -2.68. The van der Waals surface area contributed by atoms with Gasteiger partial charge in [-0.25, -0.2) is 4.79 Å². The van der Waals surface area contributed by atoms with E-state index < -0.39 is 5.97 Å². The molecule has 1 aromatic carbocycles. The van der Waals surface area contributed by atoms with E-state index in [4.69, 9.17) is 0 Å². The van der Waals surface area contributed by atoms with Crippen LogP contribution in [0.3, 0.4) is 0 Å². The number of carbonyl (C=O) groups excluding carboxylic acids is 1. The van der Waals surface area contributed by atoms with Gasteiger partial charge in [-0.1, -0.05) is 66.2 Å². The van der Waals surface area contributed by atoms with Crippen LogP contribution in [0.5, 0.6) is 0 Å². The minimum atomic E-state index is -0.864. The van der Waals surface area contributed by atoms with Gasteiger partial charge in [-0.2, -0.15) is 0 Å². The molecule has 0 bridgehead atoms. The number of nitrogens with one attached hydrogen (secondary N) is 1. The van der Waals surface area contributed by atoms with E-state index in [2.05, 4.69) is 57.8 Å². The minimum absolute atomic E-state index is 0.0340. The number of carboxylic acid groups (broad SMARTS) is 1. The molecule has 0 saturated heterocycles. The highest BCUT2D eigenvalue weighted by Gasteiger charge is 2.66. The van der Waals surface area contributed by atoms with Gasteiger partial charge in [0.25, 0.3) is 0 Å². The van der Waals surface area contributed by atoms with E-state index in [0.29, 0.717) is 40.6 Å². The molecule has 4 unspecified atom stereocenters. The van der Waals surface area contributed by atoms with E-state index in [1.165, 1.54) is 56.1 Å². The zero-order valence-electron chi connectivity index (χ0n) is 28.4. The molecule has 2 N–H and O–H groups in total. The van der Waals surface area contributed by atoms with E-state index in [1.54, 1.807) is 12.1 Å². The molecule has 0 aromatic heterocycles. The van der Waals surface area contributed by atoms with Gasteiger partial charge in [-0.15, -0.1) is 0 Å². The summed E-state index contributed by atoms with van der Waals surface area (Å²) in [6.07, 6.45) is 14.6. The standard InChI is InChI=1S/C39H58N2O3/c1-7-41(8-2)25-24-40-35(44)39-20-9-10-31(39)28-15-16-33-37(5,30(28)18-23-39)22-19-32-36(3,4)29(17-21-38(32,33)6)26-11-13-27(14-12-26)34(42)43/h11-14,17,28,30-33H,7-10,15-16,18-25H2,1-6H3,(H,40,44)(H,42,43)/t28-,30?,31?,32?,33?,37-,38-,39-/m0/s1. The molecule has 0 heterocycles. The summed E-state index contributed by atoms with van der Waals surface area (Å²) in [4.78, 5) is 27.8. The van der Waals surface area contributed by atoms with Gasteiger partial charge in [0.1, 0.15) is 0 Å². The summed E-state index contributed by atoms with van der Waals surface area (Å²) in [6.45, 7) is 18.4. The molecule has 5 aliphatic carbocycles. The Balaban J connectivity index is 1.22. The first-order chi connectivity index (χ1) is 20.9. The Labute approximate surface area is 266 Å². The third-order valence-corrected chi connectivity index (χ3v) is 14.6. The number of likely N-dealkylation sites (N-methyl/N-ethyl adjacent to an activating group) is 1. The summed E-state index contributed by atoms with van der Waals surface area (Å²) in [5.41, 5.74) is 3.44. The van der Waals surface area contributed by atoms with E-state index in [0.717, 1.165) is 51.4 Å². The predicted molar refractivity (Wildman–Crippen MR) is 178 cm³/mol. The number of amides is 1. The average Bonchev–Trinajstić information content (AvgIpc) is 3.45. The lowest BCUT2D eigenvalue weighted by molar-refractivity contribution is -0.181. The van der Waals surface area contributed by atoms with Crippen molar-refractivity contribution in [1.29, 1.82) is 0 Å².